The fourth-order valence-electron chi connectivity index (χ4n) is 2.73. The molecular weight excluding hydrogens is 240 g/mol. The number of nitrogens with one attached hydrogen (secondary N) is 1. The molecule has 1 aliphatic carbocycles. The van der Waals surface area contributed by atoms with Gasteiger partial charge in [0, 0.05) is 25.8 Å². The van der Waals surface area contributed by atoms with Crippen LogP contribution >= 0.6 is 0 Å². The number of aromatic nitrogens is 2. The Balaban J connectivity index is 1.65. The Morgan fingerprint density at radius 2 is 2.26 bits per heavy atom. The summed E-state index contributed by atoms with van der Waals surface area (Å²) in [7, 11) is 0. The van der Waals surface area contributed by atoms with Crippen LogP contribution < -0.4 is 11.1 Å². The lowest BCUT2D eigenvalue weighted by Gasteiger charge is -2.08. The maximum atomic E-state index is 11.8. The van der Waals surface area contributed by atoms with Crippen molar-refractivity contribution in [3.8, 4) is 0 Å². The van der Waals surface area contributed by atoms with Gasteiger partial charge in [-0.3, -0.25) is 4.79 Å². The smallest absolute Gasteiger partial charge is 0.271 e. The van der Waals surface area contributed by atoms with Crippen molar-refractivity contribution >= 4 is 5.91 Å². The normalized spacial score (nSPS) is 15.8. The Kier molecular flexibility index (Phi) is 5.39. The summed E-state index contributed by atoms with van der Waals surface area (Å²) >= 11 is 0. The predicted octanol–water partition coefficient (Wildman–Crippen LogP) is 1.54. The molecule has 1 fully saturated rings. The van der Waals surface area contributed by atoms with E-state index in [4.69, 9.17) is 5.73 Å². The Morgan fingerprint density at radius 1 is 1.47 bits per heavy atom. The van der Waals surface area contributed by atoms with Gasteiger partial charge in [-0.05, 0) is 18.8 Å². The molecule has 3 N–H and O–H groups in total. The van der Waals surface area contributed by atoms with Crippen molar-refractivity contribution in [1.29, 1.82) is 0 Å². The number of carbonyl (C=O) groups is 1. The van der Waals surface area contributed by atoms with E-state index >= 15 is 0 Å². The van der Waals surface area contributed by atoms with Crippen molar-refractivity contribution in [2.45, 2.75) is 45.1 Å². The van der Waals surface area contributed by atoms with Gasteiger partial charge < -0.3 is 15.6 Å². The van der Waals surface area contributed by atoms with Crippen molar-refractivity contribution in [3.05, 3.63) is 18.2 Å². The second-order valence-electron chi connectivity index (χ2n) is 5.33. The zero-order chi connectivity index (χ0) is 13.5. The van der Waals surface area contributed by atoms with Crippen LogP contribution in [-0.2, 0) is 6.54 Å². The minimum absolute atomic E-state index is 0.0813. The highest BCUT2D eigenvalue weighted by molar-refractivity contribution is 5.91. The molecule has 0 spiro atoms. The first kappa shape index (κ1) is 14.1. The highest BCUT2D eigenvalue weighted by Gasteiger charge is 2.14. The van der Waals surface area contributed by atoms with Gasteiger partial charge in [0.15, 0.2) is 0 Å². The van der Waals surface area contributed by atoms with E-state index in [1.54, 1.807) is 12.5 Å². The molecule has 0 radical (unpaired) electrons. The summed E-state index contributed by atoms with van der Waals surface area (Å²) in [6.07, 6.45) is 11.2. The van der Waals surface area contributed by atoms with E-state index < -0.39 is 0 Å². The first-order valence-electron chi connectivity index (χ1n) is 7.29. The van der Waals surface area contributed by atoms with E-state index in [2.05, 4.69) is 10.3 Å². The number of imidazole rings is 1. The van der Waals surface area contributed by atoms with E-state index in [1.165, 1.54) is 32.1 Å². The summed E-state index contributed by atoms with van der Waals surface area (Å²) in [5, 5.41) is 2.93. The third-order valence-corrected chi connectivity index (χ3v) is 3.80. The maximum Gasteiger partial charge on any atom is 0.271 e. The SMILES string of the molecule is NCCn1cnc(C(=O)NCCCC2CCCC2)c1. The molecule has 1 aromatic heterocycles. The van der Waals surface area contributed by atoms with Crippen LogP contribution in [0.3, 0.4) is 0 Å². The van der Waals surface area contributed by atoms with Gasteiger partial charge in [-0.15, -0.1) is 0 Å². The summed E-state index contributed by atoms with van der Waals surface area (Å²) in [6.45, 7) is 2.00. The van der Waals surface area contributed by atoms with E-state index in [9.17, 15) is 4.79 Å². The predicted molar refractivity (Wildman–Crippen MR) is 74.8 cm³/mol. The van der Waals surface area contributed by atoms with Gasteiger partial charge in [0.05, 0.1) is 6.33 Å². The van der Waals surface area contributed by atoms with Crippen molar-refractivity contribution in [1.82, 2.24) is 14.9 Å². The number of hydrogen-bond donors (Lipinski definition) is 2. The third-order valence-electron chi connectivity index (χ3n) is 3.80. The molecule has 2 rings (SSSR count). The largest absolute Gasteiger partial charge is 0.351 e. The minimum atomic E-state index is -0.0813. The molecule has 1 heterocycles. The molecule has 106 valence electrons. The molecule has 0 aromatic carbocycles. The minimum Gasteiger partial charge on any atom is -0.351 e. The van der Waals surface area contributed by atoms with Crippen LogP contribution in [0.5, 0.6) is 0 Å². The molecule has 1 aliphatic rings. The number of nitrogens with zero attached hydrogens (tertiary/aromatic N) is 2. The van der Waals surface area contributed by atoms with E-state index in [0.29, 0.717) is 18.8 Å². The van der Waals surface area contributed by atoms with Crippen molar-refractivity contribution in [2.24, 2.45) is 11.7 Å². The first-order valence-corrected chi connectivity index (χ1v) is 7.29. The summed E-state index contributed by atoms with van der Waals surface area (Å²) < 4.78 is 1.84. The zero-order valence-electron chi connectivity index (χ0n) is 11.5. The molecule has 0 aliphatic heterocycles. The molecule has 1 saturated carbocycles. The third kappa shape index (κ3) is 4.35. The average molecular weight is 264 g/mol. The lowest BCUT2D eigenvalue weighted by Crippen LogP contribution is -2.25. The summed E-state index contributed by atoms with van der Waals surface area (Å²) in [6, 6.07) is 0. The van der Waals surface area contributed by atoms with Gasteiger partial charge in [0.25, 0.3) is 5.91 Å². The molecule has 5 heteroatoms. The van der Waals surface area contributed by atoms with Crippen molar-refractivity contribution < 1.29 is 4.79 Å². The Bertz CT molecular complexity index is 396. The second kappa shape index (κ2) is 7.28. The van der Waals surface area contributed by atoms with Gasteiger partial charge in [0.1, 0.15) is 5.69 Å². The Labute approximate surface area is 114 Å². The molecule has 0 unspecified atom stereocenters. The molecule has 0 bridgehead atoms. The van der Waals surface area contributed by atoms with Gasteiger partial charge in [-0.1, -0.05) is 25.7 Å². The van der Waals surface area contributed by atoms with Crippen LogP contribution in [0.25, 0.3) is 0 Å². The number of nitrogens with two attached hydrogens (primary N) is 1. The summed E-state index contributed by atoms with van der Waals surface area (Å²) in [4.78, 5) is 15.9. The first-order chi connectivity index (χ1) is 9.29. The number of rotatable bonds is 7. The number of amides is 1. The van der Waals surface area contributed by atoms with Gasteiger partial charge in [-0.25, -0.2) is 4.98 Å². The number of hydrogen-bond acceptors (Lipinski definition) is 3. The molecule has 1 amide bonds. The van der Waals surface area contributed by atoms with Gasteiger partial charge in [0.2, 0.25) is 0 Å². The van der Waals surface area contributed by atoms with Crippen LogP contribution in [-0.4, -0.2) is 28.5 Å². The lowest BCUT2D eigenvalue weighted by molar-refractivity contribution is 0.0948. The van der Waals surface area contributed by atoms with Crippen LogP contribution in [0.1, 0.15) is 49.0 Å². The highest BCUT2D eigenvalue weighted by atomic mass is 16.1. The topological polar surface area (TPSA) is 72.9 Å². The number of carbonyl (C=O) groups excluding carboxylic acids is 1. The van der Waals surface area contributed by atoms with E-state index in [1.807, 2.05) is 4.57 Å². The molecular formula is C14H24N4O. The fraction of sp³-hybridized carbons (Fsp3) is 0.714. The van der Waals surface area contributed by atoms with Gasteiger partial charge in [-0.2, -0.15) is 0 Å². The van der Waals surface area contributed by atoms with Crippen LogP contribution in [0, 0.1) is 5.92 Å². The molecule has 1 aromatic rings. The molecule has 0 atom stereocenters. The second-order valence-corrected chi connectivity index (χ2v) is 5.33. The Hall–Kier alpha value is -1.36. The summed E-state index contributed by atoms with van der Waals surface area (Å²) in [5.41, 5.74) is 5.94. The van der Waals surface area contributed by atoms with E-state index in [0.717, 1.165) is 18.9 Å². The fourth-order valence-corrected chi connectivity index (χ4v) is 2.73. The van der Waals surface area contributed by atoms with E-state index in [-0.39, 0.29) is 5.91 Å². The van der Waals surface area contributed by atoms with Crippen LogP contribution in [0.2, 0.25) is 0 Å². The molecule has 19 heavy (non-hydrogen) atoms. The van der Waals surface area contributed by atoms with Crippen LogP contribution in [0.15, 0.2) is 12.5 Å². The zero-order valence-corrected chi connectivity index (χ0v) is 11.5. The standard InChI is InChI=1S/C14H24N4O/c15-7-9-18-10-13(17-11-18)14(19)16-8-3-6-12-4-1-2-5-12/h10-12H,1-9,15H2,(H,16,19). The van der Waals surface area contributed by atoms with Gasteiger partial charge >= 0.3 is 0 Å². The van der Waals surface area contributed by atoms with Crippen molar-refractivity contribution in [2.75, 3.05) is 13.1 Å². The van der Waals surface area contributed by atoms with Crippen LogP contribution in [0.4, 0.5) is 0 Å². The lowest BCUT2D eigenvalue weighted by atomic mass is 10.0. The quantitative estimate of drug-likeness (QED) is 0.734. The maximum absolute atomic E-state index is 11.8. The van der Waals surface area contributed by atoms with Crippen molar-refractivity contribution in [3.63, 3.8) is 0 Å². The summed E-state index contributed by atoms with van der Waals surface area (Å²) in [5.74, 6) is 0.808. The highest BCUT2D eigenvalue weighted by Crippen LogP contribution is 2.28. The monoisotopic (exact) mass is 264 g/mol. The average Bonchev–Trinajstić information content (AvgIpc) is 3.06. The molecule has 0 saturated heterocycles. The Morgan fingerprint density at radius 3 is 3.00 bits per heavy atom. The molecule has 5 nitrogen and oxygen atoms in total.